The summed E-state index contributed by atoms with van der Waals surface area (Å²) in [6, 6.07) is 0.323. The van der Waals surface area contributed by atoms with Gasteiger partial charge in [0.1, 0.15) is 5.15 Å². The molecular weight excluding hydrogens is 174 g/mol. The van der Waals surface area contributed by atoms with Gasteiger partial charge in [-0.15, -0.1) is 0 Å². The molecule has 0 bridgehead atoms. The molecular formula is C8H12ClN3. The number of hydrogen-bond donors (Lipinski definition) is 1. The highest BCUT2D eigenvalue weighted by Crippen LogP contribution is 2.12. The van der Waals surface area contributed by atoms with Gasteiger partial charge in [0.05, 0.1) is 0 Å². The van der Waals surface area contributed by atoms with Crippen molar-refractivity contribution in [3.8, 4) is 0 Å². The summed E-state index contributed by atoms with van der Waals surface area (Å²) < 4.78 is 0. The Bertz CT molecular complexity index is 273. The van der Waals surface area contributed by atoms with Crippen molar-refractivity contribution < 1.29 is 0 Å². The number of aromatic nitrogens is 2. The number of hydrogen-bond acceptors (Lipinski definition) is 3. The minimum Gasteiger partial charge on any atom is -0.352 e. The smallest absolute Gasteiger partial charge is 0.224 e. The Balaban J connectivity index is 2.82. The lowest BCUT2D eigenvalue weighted by Gasteiger charge is -2.07. The maximum atomic E-state index is 5.81. The van der Waals surface area contributed by atoms with Gasteiger partial charge in [-0.3, -0.25) is 0 Å². The SMILES string of the molecule is Cc1cnc(NC(C)C)nc1Cl. The van der Waals surface area contributed by atoms with Crippen LogP contribution in [0.4, 0.5) is 5.95 Å². The van der Waals surface area contributed by atoms with Gasteiger partial charge in [0.2, 0.25) is 5.95 Å². The van der Waals surface area contributed by atoms with E-state index in [1.807, 2.05) is 20.8 Å². The van der Waals surface area contributed by atoms with Crippen molar-refractivity contribution in [1.29, 1.82) is 0 Å². The van der Waals surface area contributed by atoms with Crippen molar-refractivity contribution in [2.45, 2.75) is 26.8 Å². The van der Waals surface area contributed by atoms with E-state index in [-0.39, 0.29) is 0 Å². The van der Waals surface area contributed by atoms with Crippen molar-refractivity contribution in [2.24, 2.45) is 0 Å². The van der Waals surface area contributed by atoms with Crippen molar-refractivity contribution in [3.63, 3.8) is 0 Å². The molecule has 0 saturated heterocycles. The Hall–Kier alpha value is -0.830. The Kier molecular flexibility index (Phi) is 2.87. The molecule has 0 atom stereocenters. The van der Waals surface area contributed by atoms with Gasteiger partial charge in [-0.05, 0) is 20.8 Å². The monoisotopic (exact) mass is 185 g/mol. The van der Waals surface area contributed by atoms with Gasteiger partial charge in [0.25, 0.3) is 0 Å². The minimum absolute atomic E-state index is 0.323. The first kappa shape index (κ1) is 9.26. The summed E-state index contributed by atoms with van der Waals surface area (Å²) in [4.78, 5) is 8.13. The molecule has 0 radical (unpaired) electrons. The maximum absolute atomic E-state index is 5.81. The predicted molar refractivity (Wildman–Crippen MR) is 50.5 cm³/mol. The third kappa shape index (κ3) is 2.34. The second-order valence-electron chi connectivity index (χ2n) is 2.97. The lowest BCUT2D eigenvalue weighted by atomic mass is 10.4. The Morgan fingerprint density at radius 1 is 1.50 bits per heavy atom. The Morgan fingerprint density at radius 3 is 2.67 bits per heavy atom. The summed E-state index contributed by atoms with van der Waals surface area (Å²) in [6.07, 6.45) is 1.71. The zero-order valence-corrected chi connectivity index (χ0v) is 8.18. The largest absolute Gasteiger partial charge is 0.352 e. The number of halogens is 1. The first-order valence-electron chi connectivity index (χ1n) is 3.85. The zero-order valence-electron chi connectivity index (χ0n) is 7.43. The summed E-state index contributed by atoms with van der Waals surface area (Å²) in [7, 11) is 0. The first-order valence-corrected chi connectivity index (χ1v) is 4.23. The molecule has 0 spiro atoms. The van der Waals surface area contributed by atoms with Gasteiger partial charge >= 0.3 is 0 Å². The predicted octanol–water partition coefficient (Wildman–Crippen LogP) is 2.26. The average Bonchev–Trinajstić information content (AvgIpc) is 1.96. The van der Waals surface area contributed by atoms with Crippen molar-refractivity contribution in [3.05, 3.63) is 16.9 Å². The van der Waals surface area contributed by atoms with Crippen molar-refractivity contribution >= 4 is 17.5 Å². The van der Waals surface area contributed by atoms with Crippen LogP contribution in [0.5, 0.6) is 0 Å². The summed E-state index contributed by atoms with van der Waals surface area (Å²) in [5.74, 6) is 0.584. The third-order valence-corrected chi connectivity index (χ3v) is 1.71. The van der Waals surface area contributed by atoms with E-state index in [1.165, 1.54) is 0 Å². The molecule has 4 heteroatoms. The molecule has 1 aromatic rings. The van der Waals surface area contributed by atoms with Crippen LogP contribution < -0.4 is 5.32 Å². The van der Waals surface area contributed by atoms with E-state index in [0.29, 0.717) is 17.1 Å². The molecule has 0 amide bonds. The molecule has 1 rings (SSSR count). The van der Waals surface area contributed by atoms with Gasteiger partial charge in [-0.25, -0.2) is 9.97 Å². The average molecular weight is 186 g/mol. The molecule has 0 unspecified atom stereocenters. The lowest BCUT2D eigenvalue weighted by molar-refractivity contribution is 0.873. The van der Waals surface area contributed by atoms with E-state index in [0.717, 1.165) is 5.56 Å². The molecule has 0 aromatic carbocycles. The molecule has 0 aliphatic heterocycles. The van der Waals surface area contributed by atoms with Crippen LogP contribution >= 0.6 is 11.6 Å². The second-order valence-corrected chi connectivity index (χ2v) is 3.32. The highest BCUT2D eigenvalue weighted by atomic mass is 35.5. The molecule has 3 nitrogen and oxygen atoms in total. The standard InChI is InChI=1S/C8H12ClN3/c1-5(2)11-8-10-4-6(3)7(9)12-8/h4-5H,1-3H3,(H,10,11,12). The van der Waals surface area contributed by atoms with E-state index in [4.69, 9.17) is 11.6 Å². The number of rotatable bonds is 2. The number of anilines is 1. The minimum atomic E-state index is 0.323. The molecule has 1 N–H and O–H groups in total. The quantitative estimate of drug-likeness (QED) is 0.719. The normalized spacial score (nSPS) is 10.4. The fourth-order valence-electron chi connectivity index (χ4n) is 0.749. The van der Waals surface area contributed by atoms with Gasteiger partial charge in [0.15, 0.2) is 0 Å². The Labute approximate surface area is 77.2 Å². The van der Waals surface area contributed by atoms with Crippen LogP contribution in [0.15, 0.2) is 6.20 Å². The van der Waals surface area contributed by atoms with E-state index in [1.54, 1.807) is 6.20 Å². The number of aryl methyl sites for hydroxylation is 1. The summed E-state index contributed by atoms with van der Waals surface area (Å²) in [6.45, 7) is 5.93. The molecule has 0 aliphatic carbocycles. The van der Waals surface area contributed by atoms with Gasteiger partial charge in [-0.2, -0.15) is 0 Å². The van der Waals surface area contributed by atoms with Gasteiger partial charge < -0.3 is 5.32 Å². The highest BCUT2D eigenvalue weighted by molar-refractivity contribution is 6.30. The topological polar surface area (TPSA) is 37.8 Å². The van der Waals surface area contributed by atoms with E-state index in [9.17, 15) is 0 Å². The fourth-order valence-corrected chi connectivity index (χ4v) is 0.878. The van der Waals surface area contributed by atoms with Crippen molar-refractivity contribution in [2.75, 3.05) is 5.32 Å². The molecule has 1 aromatic heterocycles. The molecule has 12 heavy (non-hydrogen) atoms. The molecule has 1 heterocycles. The van der Waals surface area contributed by atoms with Gasteiger partial charge in [0, 0.05) is 17.8 Å². The molecule has 66 valence electrons. The van der Waals surface area contributed by atoms with Gasteiger partial charge in [-0.1, -0.05) is 11.6 Å². The van der Waals surface area contributed by atoms with E-state index < -0.39 is 0 Å². The summed E-state index contributed by atoms with van der Waals surface area (Å²) >= 11 is 5.81. The van der Waals surface area contributed by atoms with Crippen LogP contribution in [0.25, 0.3) is 0 Å². The van der Waals surface area contributed by atoms with E-state index in [2.05, 4.69) is 15.3 Å². The third-order valence-electron chi connectivity index (χ3n) is 1.33. The van der Waals surface area contributed by atoms with Crippen molar-refractivity contribution in [1.82, 2.24) is 9.97 Å². The summed E-state index contributed by atoms with van der Waals surface area (Å²) in [5, 5.41) is 3.57. The molecule has 0 saturated carbocycles. The van der Waals surface area contributed by atoms with Crippen LogP contribution in [-0.4, -0.2) is 16.0 Å². The van der Waals surface area contributed by atoms with Crippen LogP contribution in [0, 0.1) is 6.92 Å². The van der Waals surface area contributed by atoms with Crippen LogP contribution in [0.1, 0.15) is 19.4 Å². The first-order chi connectivity index (χ1) is 5.59. The van der Waals surface area contributed by atoms with Crippen LogP contribution in [-0.2, 0) is 0 Å². The van der Waals surface area contributed by atoms with Crippen LogP contribution in [0.3, 0.4) is 0 Å². The Morgan fingerprint density at radius 2 is 2.17 bits per heavy atom. The fraction of sp³-hybridized carbons (Fsp3) is 0.500. The summed E-state index contributed by atoms with van der Waals surface area (Å²) in [5.41, 5.74) is 0.894. The maximum Gasteiger partial charge on any atom is 0.224 e. The molecule has 0 fully saturated rings. The highest BCUT2D eigenvalue weighted by Gasteiger charge is 2.01. The second kappa shape index (κ2) is 3.72. The zero-order chi connectivity index (χ0) is 9.14. The van der Waals surface area contributed by atoms with E-state index >= 15 is 0 Å². The lowest BCUT2D eigenvalue weighted by Crippen LogP contribution is -2.12. The molecule has 0 aliphatic rings. The number of nitrogens with one attached hydrogen (secondary N) is 1. The van der Waals surface area contributed by atoms with Crippen LogP contribution in [0.2, 0.25) is 5.15 Å². The number of nitrogens with zero attached hydrogens (tertiary/aromatic N) is 2.